The zero-order valence-corrected chi connectivity index (χ0v) is 23.6. The first-order chi connectivity index (χ1) is 16.2. The first kappa shape index (κ1) is 29.7. The number of cyclic esters (lactones) is 1. The highest BCUT2D eigenvalue weighted by Crippen LogP contribution is 2.32. The second-order valence-electron chi connectivity index (χ2n) is 10.4. The van der Waals surface area contributed by atoms with E-state index in [2.05, 4.69) is 11.1 Å². The molecule has 0 amide bonds. The molecule has 2 N–H and O–H groups in total. The van der Waals surface area contributed by atoms with Crippen molar-refractivity contribution >= 4 is 33.2 Å². The normalized spacial score (nSPS) is 32.9. The molecular weight excluding hydrogens is 486 g/mol. The van der Waals surface area contributed by atoms with E-state index < -0.39 is 50.5 Å². The van der Waals surface area contributed by atoms with Crippen LogP contribution in [0.1, 0.15) is 84.3 Å². The second-order valence-corrected chi connectivity index (χ2v) is 14.3. The number of thiazole rings is 1. The molecule has 0 saturated heterocycles. The van der Waals surface area contributed by atoms with Gasteiger partial charge in [-0.25, -0.2) is 13.4 Å². The van der Waals surface area contributed by atoms with Gasteiger partial charge in [0.05, 0.1) is 39.3 Å². The summed E-state index contributed by atoms with van der Waals surface area (Å²) in [6.45, 7) is 11.9. The molecule has 0 radical (unpaired) electrons. The maximum absolute atomic E-state index is 13.4. The number of hydrogen-bond donors (Lipinski definition) is 2. The number of aromatic nitrogens is 1. The molecule has 5 atom stereocenters. The van der Waals surface area contributed by atoms with E-state index in [-0.39, 0.29) is 5.92 Å². The van der Waals surface area contributed by atoms with Crippen LogP contribution in [-0.4, -0.2) is 57.9 Å². The van der Waals surface area contributed by atoms with E-state index in [0.717, 1.165) is 34.7 Å². The van der Waals surface area contributed by atoms with E-state index in [4.69, 9.17) is 4.74 Å². The Balaban J connectivity index is 2.39. The van der Waals surface area contributed by atoms with E-state index in [1.807, 2.05) is 39.2 Å². The van der Waals surface area contributed by atoms with Gasteiger partial charge < -0.3 is 14.9 Å². The first-order valence-corrected chi connectivity index (χ1v) is 14.6. The zero-order valence-electron chi connectivity index (χ0n) is 21.9. The summed E-state index contributed by atoms with van der Waals surface area (Å²) >= 11 is 1.54. The molecule has 1 aromatic rings. The highest BCUT2D eigenvalue weighted by molar-refractivity contribution is 7.93. The van der Waals surface area contributed by atoms with Crippen LogP contribution >= 0.6 is 11.3 Å². The van der Waals surface area contributed by atoms with Gasteiger partial charge in [0.1, 0.15) is 6.10 Å². The van der Waals surface area contributed by atoms with Crippen LogP contribution in [0.25, 0.3) is 6.08 Å². The van der Waals surface area contributed by atoms with Crippen LogP contribution in [0, 0.1) is 12.8 Å². The van der Waals surface area contributed by atoms with E-state index in [1.165, 1.54) is 32.1 Å². The second kappa shape index (κ2) is 12.1. The van der Waals surface area contributed by atoms with Gasteiger partial charge in [-0.3, -0.25) is 4.79 Å². The van der Waals surface area contributed by atoms with Gasteiger partial charge in [0.25, 0.3) is 0 Å². The van der Waals surface area contributed by atoms with Gasteiger partial charge in [-0.05, 0) is 78.4 Å². The Morgan fingerprint density at radius 1 is 1.26 bits per heavy atom. The minimum Gasteiger partial charge on any atom is -0.457 e. The lowest BCUT2D eigenvalue weighted by molar-refractivity contribution is -0.149. The summed E-state index contributed by atoms with van der Waals surface area (Å²) in [6.07, 6.45) is 3.12. The molecule has 7 nitrogen and oxygen atoms in total. The van der Waals surface area contributed by atoms with E-state index in [9.17, 15) is 23.4 Å². The number of carbonyl (C=O) groups excluding carboxylic acids is 1. The van der Waals surface area contributed by atoms with E-state index >= 15 is 0 Å². The number of aliphatic hydroxyl groups excluding tert-OH is 2. The van der Waals surface area contributed by atoms with Crippen LogP contribution in [0.2, 0.25) is 0 Å². The topological polar surface area (TPSA) is 114 Å². The molecule has 0 bridgehead atoms. The summed E-state index contributed by atoms with van der Waals surface area (Å²) < 4.78 is 30.8. The van der Waals surface area contributed by atoms with Gasteiger partial charge in [-0.2, -0.15) is 0 Å². The number of ether oxygens (including phenoxy) is 1. The molecule has 1 aliphatic heterocycles. The molecule has 2 rings (SSSR count). The predicted octanol–water partition coefficient (Wildman–Crippen LogP) is 4.62. The number of allylic oxidation sites excluding steroid dienone is 1. The summed E-state index contributed by atoms with van der Waals surface area (Å²) in [7, 11) is -3.98. The Kier molecular flexibility index (Phi) is 10.3. The van der Waals surface area contributed by atoms with Crippen LogP contribution in [0.4, 0.5) is 0 Å². The molecule has 3 unspecified atom stereocenters. The van der Waals surface area contributed by atoms with Crippen molar-refractivity contribution in [3.05, 3.63) is 33.3 Å². The van der Waals surface area contributed by atoms with Crippen molar-refractivity contribution in [2.75, 3.05) is 0 Å². The van der Waals surface area contributed by atoms with Crippen LogP contribution in [0.3, 0.4) is 0 Å². The van der Waals surface area contributed by atoms with Gasteiger partial charge in [0.2, 0.25) is 0 Å². The summed E-state index contributed by atoms with van der Waals surface area (Å²) in [5.74, 6) is -0.898. The van der Waals surface area contributed by atoms with Gasteiger partial charge in [0.15, 0.2) is 9.84 Å². The smallest absolute Gasteiger partial charge is 0.309 e. The fraction of sp³-hybridized carbons (Fsp3) is 0.692. The van der Waals surface area contributed by atoms with Crippen LogP contribution in [0.15, 0.2) is 22.6 Å². The lowest BCUT2D eigenvalue weighted by Gasteiger charge is -2.35. The molecular formula is C26H41NO6S2. The number of nitrogens with zero attached hydrogens (tertiary/aromatic N) is 1. The number of aryl methyl sites for hydroxylation is 1. The first-order valence-electron chi connectivity index (χ1n) is 12.2. The zero-order chi connectivity index (χ0) is 26.6. The molecule has 35 heavy (non-hydrogen) atoms. The summed E-state index contributed by atoms with van der Waals surface area (Å²) in [4.78, 5) is 17.3. The van der Waals surface area contributed by atoms with Crippen molar-refractivity contribution in [1.82, 2.24) is 4.98 Å². The minimum absolute atomic E-state index is 0.224. The fourth-order valence-corrected chi connectivity index (χ4v) is 6.94. The summed E-state index contributed by atoms with van der Waals surface area (Å²) in [5.41, 5.74) is 2.75. The fourth-order valence-electron chi connectivity index (χ4n) is 4.31. The molecule has 0 aliphatic carbocycles. The van der Waals surface area contributed by atoms with Crippen molar-refractivity contribution < 1.29 is 28.2 Å². The van der Waals surface area contributed by atoms with E-state index in [0.29, 0.717) is 12.8 Å². The van der Waals surface area contributed by atoms with Crippen molar-refractivity contribution in [2.45, 2.75) is 109 Å². The molecule has 0 saturated carbocycles. The third-order valence-corrected chi connectivity index (χ3v) is 10.9. The number of carbonyl (C=O) groups is 1. The van der Waals surface area contributed by atoms with Crippen LogP contribution in [0.5, 0.6) is 0 Å². The van der Waals surface area contributed by atoms with Gasteiger partial charge >= 0.3 is 5.97 Å². The molecule has 2 heterocycles. The third-order valence-electron chi connectivity index (χ3n) is 7.15. The minimum atomic E-state index is -3.98. The molecule has 1 aromatic heterocycles. The SMILES string of the molecule is C/C1=C/C[C@@H](/C(C)=C/c2csc(C)n2)OC(=O)CC(O)C(C)(C)S(=O)(=O)C(C)C(O)[C@@H](C)CCC1. The molecule has 1 aliphatic rings. The number of rotatable bonds is 2. The lowest BCUT2D eigenvalue weighted by atomic mass is 9.94. The monoisotopic (exact) mass is 527 g/mol. The van der Waals surface area contributed by atoms with Gasteiger partial charge in [0, 0.05) is 11.8 Å². The van der Waals surface area contributed by atoms with E-state index in [1.54, 1.807) is 0 Å². The number of esters is 1. The predicted molar refractivity (Wildman–Crippen MR) is 141 cm³/mol. The van der Waals surface area contributed by atoms with Gasteiger partial charge in [-0.1, -0.05) is 18.6 Å². The number of hydrogen-bond acceptors (Lipinski definition) is 8. The Morgan fingerprint density at radius 2 is 1.91 bits per heavy atom. The van der Waals surface area contributed by atoms with Gasteiger partial charge in [-0.15, -0.1) is 11.3 Å². The maximum atomic E-state index is 13.4. The number of sulfone groups is 1. The highest BCUT2D eigenvalue weighted by Gasteiger charge is 2.47. The Bertz CT molecular complexity index is 1040. The largest absolute Gasteiger partial charge is 0.457 e. The van der Waals surface area contributed by atoms with Crippen molar-refractivity contribution in [2.24, 2.45) is 5.92 Å². The van der Waals surface area contributed by atoms with Crippen molar-refractivity contribution in [3.8, 4) is 0 Å². The van der Waals surface area contributed by atoms with Crippen molar-refractivity contribution in [1.29, 1.82) is 0 Å². The standard InChI is InChI=1S/C26H41NO6S2/c1-16-9-8-10-17(2)25(30)19(4)35(31,32)26(6,7)23(28)14-24(29)33-22(12-11-16)18(3)13-21-15-34-20(5)27-21/h11,13,15,17,19,22-23,25,28,30H,8-10,12,14H2,1-7H3/b16-11-,18-13+/t17-,19?,22-,23?,25?/m0/s1. The molecule has 0 aromatic carbocycles. The highest BCUT2D eigenvalue weighted by atomic mass is 32.2. The number of aliphatic hydroxyl groups is 2. The van der Waals surface area contributed by atoms with Crippen molar-refractivity contribution in [3.63, 3.8) is 0 Å². The molecule has 0 spiro atoms. The molecule has 0 fully saturated rings. The maximum Gasteiger partial charge on any atom is 0.309 e. The molecule has 198 valence electrons. The Labute approximate surface area is 214 Å². The average molecular weight is 528 g/mol. The average Bonchev–Trinajstić information content (AvgIpc) is 3.18. The van der Waals surface area contributed by atoms with Crippen LogP contribution < -0.4 is 0 Å². The van der Waals surface area contributed by atoms with Crippen LogP contribution in [-0.2, 0) is 19.4 Å². The summed E-state index contributed by atoms with van der Waals surface area (Å²) in [6, 6.07) is 0. The Hall–Kier alpha value is -1.55. The third kappa shape index (κ3) is 7.47. The molecule has 9 heteroatoms. The summed E-state index contributed by atoms with van der Waals surface area (Å²) in [5, 5.41) is 23.4. The Morgan fingerprint density at radius 3 is 2.51 bits per heavy atom. The quantitative estimate of drug-likeness (QED) is 0.426. The lowest BCUT2D eigenvalue weighted by Crippen LogP contribution is -2.52.